The van der Waals surface area contributed by atoms with E-state index in [9.17, 15) is 14.0 Å². The number of halogens is 1. The van der Waals surface area contributed by atoms with Gasteiger partial charge >= 0.3 is 6.09 Å². The average Bonchev–Trinajstić information content (AvgIpc) is 3.10. The second kappa shape index (κ2) is 8.62. The third kappa shape index (κ3) is 3.94. The van der Waals surface area contributed by atoms with E-state index in [0.29, 0.717) is 11.8 Å². The number of aldehydes is 1. The van der Waals surface area contributed by atoms with Gasteiger partial charge < -0.3 is 10.1 Å². The SMILES string of the molecule is O=Cc1cc(F)ccc1C#CCNC(=O)OCC1c2ccccc2-c2ccccc21. The predicted octanol–water partition coefficient (Wildman–Crippen LogP) is 4.53. The number of amides is 1. The molecule has 0 radical (unpaired) electrons. The summed E-state index contributed by atoms with van der Waals surface area (Å²) in [6, 6.07) is 20.0. The van der Waals surface area contributed by atoms with Gasteiger partial charge in [0.05, 0.1) is 6.54 Å². The fourth-order valence-electron chi connectivity index (χ4n) is 3.65. The van der Waals surface area contributed by atoms with Crippen molar-refractivity contribution in [1.82, 2.24) is 5.32 Å². The Balaban J connectivity index is 1.36. The highest BCUT2D eigenvalue weighted by molar-refractivity contribution is 5.80. The number of nitrogens with one attached hydrogen (secondary N) is 1. The fourth-order valence-corrected chi connectivity index (χ4v) is 3.65. The molecule has 0 saturated carbocycles. The van der Waals surface area contributed by atoms with Crippen molar-refractivity contribution in [2.45, 2.75) is 5.92 Å². The Labute approximate surface area is 173 Å². The summed E-state index contributed by atoms with van der Waals surface area (Å²) in [4.78, 5) is 23.1. The van der Waals surface area contributed by atoms with Crippen LogP contribution >= 0.6 is 0 Å². The van der Waals surface area contributed by atoms with E-state index in [2.05, 4.69) is 41.4 Å². The highest BCUT2D eigenvalue weighted by Crippen LogP contribution is 2.44. The maximum atomic E-state index is 13.1. The maximum absolute atomic E-state index is 13.1. The van der Waals surface area contributed by atoms with Crippen LogP contribution in [0.1, 0.15) is 33.0 Å². The number of hydrogen-bond acceptors (Lipinski definition) is 3. The van der Waals surface area contributed by atoms with E-state index in [1.54, 1.807) is 0 Å². The van der Waals surface area contributed by atoms with Crippen molar-refractivity contribution in [1.29, 1.82) is 0 Å². The van der Waals surface area contributed by atoms with Gasteiger partial charge in [-0.1, -0.05) is 60.4 Å². The smallest absolute Gasteiger partial charge is 0.407 e. The Morgan fingerprint density at radius 3 is 2.37 bits per heavy atom. The lowest BCUT2D eigenvalue weighted by molar-refractivity contribution is 0.112. The zero-order chi connectivity index (χ0) is 20.9. The molecule has 30 heavy (non-hydrogen) atoms. The lowest BCUT2D eigenvalue weighted by Gasteiger charge is -2.14. The number of rotatable bonds is 4. The predicted molar refractivity (Wildman–Crippen MR) is 112 cm³/mol. The van der Waals surface area contributed by atoms with Crippen molar-refractivity contribution in [3.63, 3.8) is 0 Å². The molecule has 0 saturated heterocycles. The molecule has 0 aromatic heterocycles. The summed E-state index contributed by atoms with van der Waals surface area (Å²) in [5.41, 5.74) is 5.19. The molecule has 4 nitrogen and oxygen atoms in total. The van der Waals surface area contributed by atoms with Crippen LogP contribution in [0.2, 0.25) is 0 Å². The van der Waals surface area contributed by atoms with Gasteiger partial charge in [0.2, 0.25) is 0 Å². The van der Waals surface area contributed by atoms with Gasteiger partial charge in [0.25, 0.3) is 0 Å². The van der Waals surface area contributed by atoms with Gasteiger partial charge in [-0.25, -0.2) is 9.18 Å². The lowest BCUT2D eigenvalue weighted by Crippen LogP contribution is -2.26. The van der Waals surface area contributed by atoms with Crippen molar-refractivity contribution in [3.05, 3.63) is 94.8 Å². The first-order valence-electron chi connectivity index (χ1n) is 9.50. The summed E-state index contributed by atoms with van der Waals surface area (Å²) in [7, 11) is 0. The van der Waals surface area contributed by atoms with E-state index in [1.165, 1.54) is 23.3 Å². The number of fused-ring (bicyclic) bond motifs is 3. The van der Waals surface area contributed by atoms with Gasteiger partial charge in [-0.3, -0.25) is 4.79 Å². The minimum absolute atomic E-state index is 0.0106. The lowest BCUT2D eigenvalue weighted by atomic mass is 9.98. The van der Waals surface area contributed by atoms with Crippen LogP contribution in [0.4, 0.5) is 9.18 Å². The molecule has 1 amide bonds. The van der Waals surface area contributed by atoms with Crippen LogP contribution in [0.15, 0.2) is 66.7 Å². The molecule has 1 aliphatic rings. The van der Waals surface area contributed by atoms with Gasteiger partial charge in [-0.2, -0.15) is 0 Å². The fraction of sp³-hybridized carbons (Fsp3) is 0.120. The molecule has 1 aliphatic carbocycles. The van der Waals surface area contributed by atoms with Crippen LogP contribution < -0.4 is 5.32 Å². The quantitative estimate of drug-likeness (QED) is 0.518. The standard InChI is InChI=1S/C25H18FNO3/c26-19-12-11-17(18(14-19)15-28)6-5-13-27-25(29)30-16-24-22-9-3-1-7-20(22)21-8-2-4-10-23(21)24/h1-4,7-12,14-15,24H,13,16H2,(H,27,29). The first-order valence-corrected chi connectivity index (χ1v) is 9.50. The topological polar surface area (TPSA) is 55.4 Å². The molecule has 5 heteroatoms. The van der Waals surface area contributed by atoms with Crippen LogP contribution in [-0.2, 0) is 4.74 Å². The van der Waals surface area contributed by atoms with Crippen LogP contribution in [-0.4, -0.2) is 25.5 Å². The van der Waals surface area contributed by atoms with E-state index < -0.39 is 11.9 Å². The van der Waals surface area contributed by atoms with Gasteiger partial charge in [0, 0.05) is 17.0 Å². The first-order chi connectivity index (χ1) is 14.7. The number of carbonyl (C=O) groups is 2. The zero-order valence-electron chi connectivity index (χ0n) is 16.0. The number of ether oxygens (including phenoxy) is 1. The second-order valence-corrected chi connectivity index (χ2v) is 6.83. The average molecular weight is 399 g/mol. The summed E-state index contributed by atoms with van der Waals surface area (Å²) in [6.07, 6.45) is -0.0209. The van der Waals surface area contributed by atoms with E-state index in [-0.39, 0.29) is 24.6 Å². The third-order valence-corrected chi connectivity index (χ3v) is 5.03. The first kappa shape index (κ1) is 19.4. The van der Waals surface area contributed by atoms with E-state index in [1.807, 2.05) is 24.3 Å². The Hall–Kier alpha value is -3.91. The number of benzene rings is 3. The van der Waals surface area contributed by atoms with E-state index >= 15 is 0 Å². The van der Waals surface area contributed by atoms with E-state index in [0.717, 1.165) is 17.2 Å². The molecule has 148 valence electrons. The molecule has 1 N–H and O–H groups in total. The molecule has 0 bridgehead atoms. The highest BCUT2D eigenvalue weighted by Gasteiger charge is 2.28. The van der Waals surface area contributed by atoms with Crippen molar-refractivity contribution in [3.8, 4) is 23.0 Å². The van der Waals surface area contributed by atoms with Crippen LogP contribution in [0.3, 0.4) is 0 Å². The highest BCUT2D eigenvalue weighted by atomic mass is 19.1. The molecule has 0 heterocycles. The summed E-state index contributed by atoms with van der Waals surface area (Å²) in [6.45, 7) is 0.271. The molecular formula is C25H18FNO3. The zero-order valence-corrected chi connectivity index (χ0v) is 16.0. The minimum Gasteiger partial charge on any atom is -0.449 e. The summed E-state index contributed by atoms with van der Waals surface area (Å²) < 4.78 is 18.6. The summed E-state index contributed by atoms with van der Waals surface area (Å²) in [5, 5.41) is 2.58. The number of hydrogen-bond donors (Lipinski definition) is 1. The van der Waals surface area contributed by atoms with Crippen LogP contribution in [0.5, 0.6) is 0 Å². The van der Waals surface area contributed by atoms with Crippen molar-refractivity contribution >= 4 is 12.4 Å². The Morgan fingerprint density at radius 2 is 1.70 bits per heavy atom. The Bertz CT molecular complexity index is 1130. The molecule has 0 atom stereocenters. The number of carbonyl (C=O) groups excluding carboxylic acids is 2. The Kier molecular flexibility index (Phi) is 5.58. The van der Waals surface area contributed by atoms with Crippen LogP contribution in [0, 0.1) is 17.7 Å². The molecule has 3 aromatic rings. The molecule has 0 fully saturated rings. The molecule has 3 aromatic carbocycles. The van der Waals surface area contributed by atoms with Gasteiger partial charge in [-0.05, 0) is 40.5 Å². The molecule has 0 unspecified atom stereocenters. The minimum atomic E-state index is -0.569. The van der Waals surface area contributed by atoms with Crippen LogP contribution in [0.25, 0.3) is 11.1 Å². The largest absolute Gasteiger partial charge is 0.449 e. The van der Waals surface area contributed by atoms with E-state index in [4.69, 9.17) is 4.74 Å². The normalized spacial score (nSPS) is 11.6. The number of alkyl carbamates (subject to hydrolysis) is 1. The Morgan fingerprint density at radius 1 is 1.03 bits per heavy atom. The van der Waals surface area contributed by atoms with Gasteiger partial charge in [0.1, 0.15) is 12.4 Å². The molecule has 0 spiro atoms. The van der Waals surface area contributed by atoms with Crippen molar-refractivity contribution in [2.75, 3.05) is 13.2 Å². The third-order valence-electron chi connectivity index (χ3n) is 5.03. The summed E-state index contributed by atoms with van der Waals surface area (Å²) >= 11 is 0. The van der Waals surface area contributed by atoms with Gasteiger partial charge in [-0.15, -0.1) is 0 Å². The second-order valence-electron chi connectivity index (χ2n) is 6.83. The monoisotopic (exact) mass is 399 g/mol. The van der Waals surface area contributed by atoms with Crippen molar-refractivity contribution < 1.29 is 18.7 Å². The molecule has 4 rings (SSSR count). The maximum Gasteiger partial charge on any atom is 0.407 e. The molecule has 0 aliphatic heterocycles. The molecular weight excluding hydrogens is 381 g/mol. The summed E-state index contributed by atoms with van der Waals surface area (Å²) in [5.74, 6) is 4.98. The van der Waals surface area contributed by atoms with Crippen molar-refractivity contribution in [2.24, 2.45) is 0 Å². The van der Waals surface area contributed by atoms with Gasteiger partial charge in [0.15, 0.2) is 6.29 Å².